The standard InChI is InChI=1S/C12H19N3OS/c1-9-14-7-10(17-9)11(16)15-8-12(13)5-3-2-4-6-12/h7H,2-6,8,13H2,1H3,(H,15,16). The average Bonchev–Trinajstić information content (AvgIpc) is 2.74. The molecule has 1 aliphatic carbocycles. The molecule has 0 aromatic carbocycles. The predicted molar refractivity (Wildman–Crippen MR) is 69.2 cm³/mol. The minimum absolute atomic E-state index is 0.0500. The third kappa shape index (κ3) is 3.26. The van der Waals surface area contributed by atoms with Gasteiger partial charge in [0.1, 0.15) is 4.88 Å². The highest BCUT2D eigenvalue weighted by Gasteiger charge is 2.27. The Labute approximate surface area is 106 Å². The zero-order chi connectivity index (χ0) is 12.3. The monoisotopic (exact) mass is 253 g/mol. The molecular formula is C12H19N3OS. The maximum absolute atomic E-state index is 11.8. The molecule has 1 aromatic heterocycles. The smallest absolute Gasteiger partial charge is 0.263 e. The molecule has 17 heavy (non-hydrogen) atoms. The molecule has 94 valence electrons. The van der Waals surface area contributed by atoms with Crippen LogP contribution in [-0.2, 0) is 0 Å². The molecule has 0 spiro atoms. The van der Waals surface area contributed by atoms with Crippen molar-refractivity contribution in [2.45, 2.75) is 44.6 Å². The summed E-state index contributed by atoms with van der Waals surface area (Å²) in [6.07, 6.45) is 7.25. The Kier molecular flexibility index (Phi) is 3.79. The van der Waals surface area contributed by atoms with E-state index < -0.39 is 0 Å². The van der Waals surface area contributed by atoms with E-state index in [1.165, 1.54) is 30.6 Å². The van der Waals surface area contributed by atoms with Gasteiger partial charge >= 0.3 is 0 Å². The lowest BCUT2D eigenvalue weighted by Gasteiger charge is -2.33. The number of thiazole rings is 1. The fourth-order valence-corrected chi connectivity index (χ4v) is 2.94. The van der Waals surface area contributed by atoms with E-state index in [2.05, 4.69) is 10.3 Å². The number of rotatable bonds is 3. The molecule has 0 radical (unpaired) electrons. The van der Waals surface area contributed by atoms with Gasteiger partial charge in [0.2, 0.25) is 0 Å². The van der Waals surface area contributed by atoms with Crippen LogP contribution in [0.2, 0.25) is 0 Å². The molecule has 4 nitrogen and oxygen atoms in total. The van der Waals surface area contributed by atoms with Crippen molar-refractivity contribution >= 4 is 17.2 Å². The zero-order valence-electron chi connectivity index (χ0n) is 10.2. The predicted octanol–water partition coefficient (Wildman–Crippen LogP) is 1.84. The van der Waals surface area contributed by atoms with Crippen molar-refractivity contribution in [1.29, 1.82) is 0 Å². The summed E-state index contributed by atoms with van der Waals surface area (Å²) in [6, 6.07) is 0. The Morgan fingerprint density at radius 3 is 2.82 bits per heavy atom. The molecule has 1 heterocycles. The summed E-state index contributed by atoms with van der Waals surface area (Å²) in [7, 11) is 0. The van der Waals surface area contributed by atoms with Gasteiger partial charge in [-0.25, -0.2) is 4.98 Å². The molecule has 0 unspecified atom stereocenters. The number of aryl methyl sites for hydroxylation is 1. The van der Waals surface area contributed by atoms with Gasteiger partial charge in [0.05, 0.1) is 11.2 Å². The molecule has 1 aromatic rings. The summed E-state index contributed by atoms with van der Waals surface area (Å²) in [5.74, 6) is -0.0500. The third-order valence-electron chi connectivity index (χ3n) is 3.30. The normalized spacial score (nSPS) is 18.9. The molecule has 1 amide bonds. The first-order valence-electron chi connectivity index (χ1n) is 6.09. The Morgan fingerprint density at radius 2 is 2.24 bits per heavy atom. The van der Waals surface area contributed by atoms with Crippen molar-refractivity contribution in [1.82, 2.24) is 10.3 Å². The molecular weight excluding hydrogens is 234 g/mol. The van der Waals surface area contributed by atoms with Gasteiger partial charge in [0.25, 0.3) is 5.91 Å². The van der Waals surface area contributed by atoms with Crippen molar-refractivity contribution in [2.24, 2.45) is 5.73 Å². The van der Waals surface area contributed by atoms with Crippen molar-refractivity contribution in [2.75, 3.05) is 6.54 Å². The highest BCUT2D eigenvalue weighted by molar-refractivity contribution is 7.13. The van der Waals surface area contributed by atoms with Crippen LogP contribution in [-0.4, -0.2) is 23.0 Å². The number of hydrogen-bond donors (Lipinski definition) is 2. The van der Waals surface area contributed by atoms with Gasteiger partial charge in [-0.3, -0.25) is 4.79 Å². The lowest BCUT2D eigenvalue weighted by Crippen LogP contribution is -2.51. The highest BCUT2D eigenvalue weighted by Crippen LogP contribution is 2.25. The fraction of sp³-hybridized carbons (Fsp3) is 0.667. The van der Waals surface area contributed by atoms with Crippen LogP contribution < -0.4 is 11.1 Å². The molecule has 3 N–H and O–H groups in total. The molecule has 0 saturated heterocycles. The van der Waals surface area contributed by atoms with Gasteiger partial charge in [-0.2, -0.15) is 0 Å². The molecule has 1 fully saturated rings. The van der Waals surface area contributed by atoms with Crippen molar-refractivity contribution < 1.29 is 4.79 Å². The topological polar surface area (TPSA) is 68.0 Å². The van der Waals surface area contributed by atoms with Crippen LogP contribution in [0.3, 0.4) is 0 Å². The van der Waals surface area contributed by atoms with Crippen LogP contribution in [0.15, 0.2) is 6.20 Å². The minimum atomic E-state index is -0.201. The van der Waals surface area contributed by atoms with Crippen molar-refractivity contribution in [3.05, 3.63) is 16.1 Å². The maximum atomic E-state index is 11.8. The average molecular weight is 253 g/mol. The Hall–Kier alpha value is -0.940. The number of nitrogens with zero attached hydrogens (tertiary/aromatic N) is 1. The maximum Gasteiger partial charge on any atom is 0.263 e. The van der Waals surface area contributed by atoms with Crippen molar-refractivity contribution in [3.8, 4) is 0 Å². The van der Waals surface area contributed by atoms with E-state index in [9.17, 15) is 4.79 Å². The Bertz CT molecular complexity index is 396. The van der Waals surface area contributed by atoms with E-state index in [4.69, 9.17) is 5.73 Å². The van der Waals surface area contributed by atoms with Gasteiger partial charge in [-0.1, -0.05) is 19.3 Å². The first kappa shape index (κ1) is 12.5. The van der Waals surface area contributed by atoms with Gasteiger partial charge in [0.15, 0.2) is 0 Å². The first-order chi connectivity index (χ1) is 8.09. The summed E-state index contributed by atoms with van der Waals surface area (Å²) >= 11 is 1.42. The molecule has 1 saturated carbocycles. The molecule has 5 heteroatoms. The molecule has 0 aliphatic heterocycles. The SMILES string of the molecule is Cc1ncc(C(=O)NCC2(N)CCCCC2)s1. The van der Waals surface area contributed by atoms with E-state index in [0.29, 0.717) is 11.4 Å². The van der Waals surface area contributed by atoms with Crippen LogP contribution in [0.1, 0.15) is 46.8 Å². The summed E-state index contributed by atoms with van der Waals surface area (Å²) in [4.78, 5) is 16.6. The Morgan fingerprint density at radius 1 is 1.53 bits per heavy atom. The molecule has 0 atom stereocenters. The van der Waals surface area contributed by atoms with E-state index >= 15 is 0 Å². The van der Waals surface area contributed by atoms with Crippen LogP contribution in [0.25, 0.3) is 0 Å². The number of nitrogens with one attached hydrogen (secondary N) is 1. The van der Waals surface area contributed by atoms with Crippen LogP contribution in [0.4, 0.5) is 0 Å². The van der Waals surface area contributed by atoms with Crippen molar-refractivity contribution in [3.63, 3.8) is 0 Å². The number of carbonyl (C=O) groups excluding carboxylic acids is 1. The van der Waals surface area contributed by atoms with Gasteiger partial charge in [0, 0.05) is 12.1 Å². The van der Waals surface area contributed by atoms with Gasteiger partial charge < -0.3 is 11.1 Å². The minimum Gasteiger partial charge on any atom is -0.349 e. The van der Waals surface area contributed by atoms with Gasteiger partial charge in [-0.05, 0) is 19.8 Å². The summed E-state index contributed by atoms with van der Waals surface area (Å²) < 4.78 is 0. The summed E-state index contributed by atoms with van der Waals surface area (Å²) in [5.41, 5.74) is 6.06. The van der Waals surface area contributed by atoms with Crippen LogP contribution >= 0.6 is 11.3 Å². The second-order valence-corrected chi connectivity index (χ2v) is 6.08. The molecule has 1 aliphatic rings. The summed E-state index contributed by atoms with van der Waals surface area (Å²) in [6.45, 7) is 2.47. The number of hydrogen-bond acceptors (Lipinski definition) is 4. The zero-order valence-corrected chi connectivity index (χ0v) is 11.0. The summed E-state index contributed by atoms with van der Waals surface area (Å²) in [5, 5.41) is 3.84. The Balaban J connectivity index is 1.87. The fourth-order valence-electron chi connectivity index (χ4n) is 2.24. The quantitative estimate of drug-likeness (QED) is 0.863. The number of amides is 1. The molecule has 0 bridgehead atoms. The number of nitrogens with two attached hydrogens (primary N) is 1. The van der Waals surface area contributed by atoms with Gasteiger partial charge in [-0.15, -0.1) is 11.3 Å². The lowest BCUT2D eigenvalue weighted by molar-refractivity contribution is 0.0941. The number of carbonyl (C=O) groups is 1. The second kappa shape index (κ2) is 5.14. The van der Waals surface area contributed by atoms with E-state index in [1.807, 2.05) is 6.92 Å². The third-order valence-corrected chi connectivity index (χ3v) is 4.21. The highest BCUT2D eigenvalue weighted by atomic mass is 32.1. The first-order valence-corrected chi connectivity index (χ1v) is 6.90. The van der Waals surface area contributed by atoms with E-state index in [0.717, 1.165) is 17.8 Å². The van der Waals surface area contributed by atoms with E-state index in [1.54, 1.807) is 6.20 Å². The number of aromatic nitrogens is 1. The lowest BCUT2D eigenvalue weighted by atomic mass is 9.82. The molecule has 2 rings (SSSR count). The van der Waals surface area contributed by atoms with Crippen LogP contribution in [0.5, 0.6) is 0 Å². The largest absolute Gasteiger partial charge is 0.349 e. The second-order valence-electron chi connectivity index (χ2n) is 4.85. The van der Waals surface area contributed by atoms with E-state index in [-0.39, 0.29) is 11.4 Å². The van der Waals surface area contributed by atoms with Crippen LogP contribution in [0, 0.1) is 6.92 Å².